The second-order valence-corrected chi connectivity index (χ2v) is 13.1. The summed E-state index contributed by atoms with van der Waals surface area (Å²) >= 11 is 0. The van der Waals surface area contributed by atoms with E-state index in [4.69, 9.17) is 18.9 Å². The minimum atomic E-state index is -2.31. The van der Waals surface area contributed by atoms with E-state index < -0.39 is 7.26 Å². The van der Waals surface area contributed by atoms with Gasteiger partial charge in [0.25, 0.3) is 0 Å². The maximum atomic E-state index is 5.88. The summed E-state index contributed by atoms with van der Waals surface area (Å²) in [6.45, 7) is 2.06. The summed E-state index contributed by atoms with van der Waals surface area (Å²) < 4.78 is 23.0. The molecule has 4 rings (SSSR count). The van der Waals surface area contributed by atoms with Crippen molar-refractivity contribution in [3.8, 4) is 23.0 Å². The third kappa shape index (κ3) is 5.04. The van der Waals surface area contributed by atoms with E-state index in [2.05, 4.69) is 97.9 Å². The number of methoxy groups -OCH3 is 4. The van der Waals surface area contributed by atoms with Gasteiger partial charge in [0.2, 0.25) is 0 Å². The molecule has 4 aromatic rings. The molecule has 0 spiro atoms. The molecule has 0 unspecified atom stereocenters. The molecule has 5 heteroatoms. The quantitative estimate of drug-likeness (QED) is 0.240. The van der Waals surface area contributed by atoms with Crippen molar-refractivity contribution in [2.45, 2.75) is 19.8 Å². The Kier molecular flexibility index (Phi) is 8.74. The molecule has 0 bridgehead atoms. The Labute approximate surface area is 221 Å². The van der Waals surface area contributed by atoms with Crippen LogP contribution in [0.15, 0.2) is 91.0 Å². The van der Waals surface area contributed by atoms with Gasteiger partial charge in [-0.2, -0.15) is 0 Å². The van der Waals surface area contributed by atoms with Crippen LogP contribution >= 0.6 is 7.26 Å². The number of rotatable bonds is 11. The van der Waals surface area contributed by atoms with E-state index in [-0.39, 0.29) is 0 Å². The van der Waals surface area contributed by atoms with Crippen LogP contribution in [0.2, 0.25) is 0 Å². The molecule has 4 nitrogen and oxygen atoms in total. The molecule has 0 aliphatic rings. The molecular weight excluding hydrogens is 479 g/mol. The van der Waals surface area contributed by atoms with Crippen molar-refractivity contribution in [1.29, 1.82) is 0 Å². The summed E-state index contributed by atoms with van der Waals surface area (Å²) in [7, 11) is 4.30. The first-order valence-corrected chi connectivity index (χ1v) is 14.8. The van der Waals surface area contributed by atoms with E-state index in [9.17, 15) is 0 Å². The first kappa shape index (κ1) is 26.6. The molecule has 0 aromatic heterocycles. The van der Waals surface area contributed by atoms with Crippen LogP contribution in [0.5, 0.6) is 23.0 Å². The van der Waals surface area contributed by atoms with E-state index in [1.54, 1.807) is 28.4 Å². The minimum absolute atomic E-state index is 0.560. The molecule has 0 aliphatic carbocycles. The molecule has 0 saturated carbocycles. The van der Waals surface area contributed by atoms with Gasteiger partial charge >= 0.3 is 222 Å². The Morgan fingerprint density at radius 1 is 0.514 bits per heavy atom. The summed E-state index contributed by atoms with van der Waals surface area (Å²) in [4.78, 5) is 0. The Morgan fingerprint density at radius 2 is 0.892 bits per heavy atom. The van der Waals surface area contributed by atoms with Crippen LogP contribution in [0, 0.1) is 6.92 Å². The fourth-order valence-electron chi connectivity index (χ4n) is 5.59. The topological polar surface area (TPSA) is 36.9 Å². The maximum absolute atomic E-state index is 5.88. The van der Waals surface area contributed by atoms with Gasteiger partial charge in [-0.1, -0.05) is 0 Å². The monoisotopic (exact) mass is 516 g/mol. The third-order valence-electron chi connectivity index (χ3n) is 7.28. The van der Waals surface area contributed by atoms with Gasteiger partial charge in [-0.3, -0.25) is 0 Å². The Morgan fingerprint density at radius 3 is 1.27 bits per heavy atom. The predicted octanol–water partition coefficient (Wildman–Crippen LogP) is 5.69. The molecule has 0 fully saturated rings. The van der Waals surface area contributed by atoms with Crippen molar-refractivity contribution in [2.75, 3.05) is 34.6 Å². The van der Waals surface area contributed by atoms with Crippen molar-refractivity contribution < 1.29 is 18.9 Å². The predicted molar refractivity (Wildman–Crippen MR) is 157 cm³/mol. The van der Waals surface area contributed by atoms with E-state index in [1.807, 2.05) is 0 Å². The zero-order valence-corrected chi connectivity index (χ0v) is 23.4. The Balaban J connectivity index is 1.81. The average molecular weight is 517 g/mol. The molecule has 0 atom stereocenters. The summed E-state index contributed by atoms with van der Waals surface area (Å²) in [5, 5.41) is 4.25. The molecular formula is C32H37O4P. The van der Waals surface area contributed by atoms with E-state index in [0.717, 1.165) is 30.1 Å². The summed E-state index contributed by atoms with van der Waals surface area (Å²) in [6.07, 6.45) is 2.85. The molecule has 0 amide bonds. The normalized spacial score (nSPS) is 11.6. The molecule has 0 N–H and O–H groups in total. The van der Waals surface area contributed by atoms with E-state index >= 15 is 0 Å². The third-order valence-corrected chi connectivity index (χ3v) is 12.3. The molecule has 4 aromatic carbocycles. The van der Waals surface area contributed by atoms with Crippen LogP contribution in [0.25, 0.3) is 0 Å². The fourth-order valence-corrected chi connectivity index (χ4v) is 10.4. The van der Waals surface area contributed by atoms with Crippen molar-refractivity contribution in [2.24, 2.45) is 0 Å². The second kappa shape index (κ2) is 12.2. The summed E-state index contributed by atoms with van der Waals surface area (Å²) in [5.41, 5.74) is 2.11. The van der Waals surface area contributed by atoms with Crippen molar-refractivity contribution >= 4 is 23.2 Å². The van der Waals surface area contributed by atoms with Gasteiger partial charge < -0.3 is 0 Å². The van der Waals surface area contributed by atoms with Crippen molar-refractivity contribution in [1.82, 2.24) is 0 Å². The SMILES string of the molecule is COc1c(C)c(CCC[PH](c2ccccc2)(c2ccccc2)c2ccccc2)c(OC)c(OC)c1OC. The first-order valence-electron chi connectivity index (χ1n) is 12.6. The van der Waals surface area contributed by atoms with Crippen LogP contribution in [-0.2, 0) is 6.42 Å². The molecule has 194 valence electrons. The second-order valence-electron chi connectivity index (χ2n) is 9.09. The van der Waals surface area contributed by atoms with Crippen LogP contribution < -0.4 is 34.9 Å². The number of hydrogen-bond donors (Lipinski definition) is 0. The van der Waals surface area contributed by atoms with E-state index in [1.165, 1.54) is 15.9 Å². The summed E-state index contributed by atoms with van der Waals surface area (Å²) in [6, 6.07) is 33.1. The van der Waals surface area contributed by atoms with Gasteiger partial charge in [0.05, 0.1) is 0 Å². The Bertz CT molecular complexity index is 1190. The summed E-state index contributed by atoms with van der Waals surface area (Å²) in [5.74, 6) is 2.53. The average Bonchev–Trinajstić information content (AvgIpc) is 2.96. The van der Waals surface area contributed by atoms with Gasteiger partial charge in [0.1, 0.15) is 0 Å². The van der Waals surface area contributed by atoms with E-state index in [0.29, 0.717) is 23.0 Å². The van der Waals surface area contributed by atoms with Crippen LogP contribution in [-0.4, -0.2) is 34.6 Å². The van der Waals surface area contributed by atoms with Gasteiger partial charge in [-0.05, 0) is 0 Å². The van der Waals surface area contributed by atoms with Crippen molar-refractivity contribution in [3.05, 3.63) is 102 Å². The standard InChI is InChI=1S/C32H37O4P/c1-24-28(30(34-3)32(36-5)31(35-4)29(24)33-2)22-15-23-37(25-16-9-6-10-17-25,26-18-11-7-12-19-26)27-20-13-8-14-21-27/h6-14,16-21,37H,15,22-23H2,1-5H3. The number of ether oxygens (including phenoxy) is 4. The fraction of sp³-hybridized carbons (Fsp3) is 0.250. The molecule has 0 heterocycles. The zero-order valence-electron chi connectivity index (χ0n) is 22.4. The number of hydrogen-bond acceptors (Lipinski definition) is 4. The van der Waals surface area contributed by atoms with Gasteiger partial charge in [0.15, 0.2) is 0 Å². The number of benzene rings is 4. The van der Waals surface area contributed by atoms with Gasteiger partial charge in [0, 0.05) is 0 Å². The van der Waals surface area contributed by atoms with Crippen LogP contribution in [0.3, 0.4) is 0 Å². The zero-order chi connectivity index (χ0) is 26.3. The molecule has 0 aliphatic heterocycles. The molecule has 0 saturated heterocycles. The van der Waals surface area contributed by atoms with Crippen LogP contribution in [0.4, 0.5) is 0 Å². The molecule has 0 radical (unpaired) electrons. The Hall–Kier alpha value is -3.49. The van der Waals surface area contributed by atoms with Crippen LogP contribution in [0.1, 0.15) is 17.5 Å². The molecule has 37 heavy (non-hydrogen) atoms. The van der Waals surface area contributed by atoms with Gasteiger partial charge in [-0.25, -0.2) is 0 Å². The van der Waals surface area contributed by atoms with Crippen molar-refractivity contribution in [3.63, 3.8) is 0 Å². The van der Waals surface area contributed by atoms with Gasteiger partial charge in [-0.15, -0.1) is 0 Å². The first-order chi connectivity index (χ1) is 18.1.